The van der Waals surface area contributed by atoms with E-state index in [1.807, 2.05) is 0 Å². The van der Waals surface area contributed by atoms with Crippen molar-refractivity contribution in [2.24, 2.45) is 11.7 Å². The van der Waals surface area contributed by atoms with Gasteiger partial charge in [-0.1, -0.05) is 25.5 Å². The molecule has 24 heavy (non-hydrogen) atoms. The highest BCUT2D eigenvalue weighted by atomic mass is 32.1. The molecule has 6 heteroatoms. The lowest BCUT2D eigenvalue weighted by molar-refractivity contribution is 0.1000. The number of rotatable bonds is 4. The third-order valence-corrected chi connectivity index (χ3v) is 5.71. The molecule has 1 unspecified atom stereocenters. The second kappa shape index (κ2) is 6.73. The number of halogens is 1. The molecule has 4 nitrogen and oxygen atoms in total. The number of thiophene rings is 1. The molecule has 0 saturated carbocycles. The van der Waals surface area contributed by atoms with E-state index in [0.29, 0.717) is 16.5 Å². The Bertz CT molecular complexity index is 800. The summed E-state index contributed by atoms with van der Waals surface area (Å²) in [4.78, 5) is 25.3. The summed E-state index contributed by atoms with van der Waals surface area (Å²) < 4.78 is 13.8. The number of nitrogens with two attached hydrogens (primary N) is 1. The van der Waals surface area contributed by atoms with Gasteiger partial charge >= 0.3 is 0 Å². The van der Waals surface area contributed by atoms with Crippen LogP contribution >= 0.6 is 11.3 Å². The zero-order valence-corrected chi connectivity index (χ0v) is 14.2. The van der Waals surface area contributed by atoms with Crippen molar-refractivity contribution in [2.45, 2.75) is 32.6 Å². The molecule has 0 saturated heterocycles. The summed E-state index contributed by atoms with van der Waals surface area (Å²) >= 11 is 1.38. The third-order valence-electron chi connectivity index (χ3n) is 4.54. The highest BCUT2D eigenvalue weighted by Crippen LogP contribution is 2.40. The molecule has 1 atom stereocenters. The van der Waals surface area contributed by atoms with Crippen LogP contribution in [-0.2, 0) is 12.8 Å². The van der Waals surface area contributed by atoms with Gasteiger partial charge < -0.3 is 11.1 Å². The molecule has 2 aromatic rings. The molecule has 0 radical (unpaired) electrons. The van der Waals surface area contributed by atoms with Gasteiger partial charge in [0.2, 0.25) is 0 Å². The molecule has 0 spiro atoms. The third kappa shape index (κ3) is 3.06. The van der Waals surface area contributed by atoms with Crippen molar-refractivity contribution in [1.82, 2.24) is 0 Å². The Kier molecular flexibility index (Phi) is 4.66. The second-order valence-corrected chi connectivity index (χ2v) is 7.13. The smallest absolute Gasteiger partial charge is 0.259 e. The lowest BCUT2D eigenvalue weighted by atomic mass is 9.85. The lowest BCUT2D eigenvalue weighted by Crippen LogP contribution is -2.20. The number of carbonyl (C=O) groups excluding carboxylic acids is 2. The number of hydrogen-bond acceptors (Lipinski definition) is 3. The van der Waals surface area contributed by atoms with E-state index in [4.69, 9.17) is 5.73 Å². The van der Waals surface area contributed by atoms with Gasteiger partial charge in [0, 0.05) is 4.88 Å². The van der Waals surface area contributed by atoms with E-state index < -0.39 is 17.6 Å². The predicted molar refractivity (Wildman–Crippen MR) is 93.0 cm³/mol. The molecule has 0 aliphatic heterocycles. The van der Waals surface area contributed by atoms with Gasteiger partial charge in [-0.05, 0) is 42.9 Å². The van der Waals surface area contributed by atoms with Crippen molar-refractivity contribution in [1.29, 1.82) is 0 Å². The van der Waals surface area contributed by atoms with Crippen molar-refractivity contribution in [3.8, 4) is 0 Å². The number of amides is 2. The molecule has 3 rings (SSSR count). The molecular weight excluding hydrogens is 327 g/mol. The highest BCUT2D eigenvalue weighted by Gasteiger charge is 2.28. The van der Waals surface area contributed by atoms with Gasteiger partial charge in [0.25, 0.3) is 11.8 Å². The number of nitrogens with one attached hydrogen (secondary N) is 1. The van der Waals surface area contributed by atoms with Crippen LogP contribution in [0.3, 0.4) is 0 Å². The van der Waals surface area contributed by atoms with Gasteiger partial charge in [-0.2, -0.15) is 0 Å². The minimum Gasteiger partial charge on any atom is -0.365 e. The van der Waals surface area contributed by atoms with Crippen LogP contribution in [0.5, 0.6) is 0 Å². The molecule has 2 amide bonds. The maximum atomic E-state index is 13.8. The van der Waals surface area contributed by atoms with Crippen LogP contribution in [0.15, 0.2) is 24.3 Å². The van der Waals surface area contributed by atoms with Crippen LogP contribution in [0.1, 0.15) is 50.9 Å². The monoisotopic (exact) mass is 346 g/mol. The van der Waals surface area contributed by atoms with Crippen LogP contribution in [0, 0.1) is 11.7 Å². The van der Waals surface area contributed by atoms with Crippen LogP contribution in [-0.4, -0.2) is 11.8 Å². The van der Waals surface area contributed by atoms with E-state index in [-0.39, 0.29) is 5.56 Å². The van der Waals surface area contributed by atoms with E-state index in [0.717, 1.165) is 36.1 Å². The second-order valence-electron chi connectivity index (χ2n) is 6.02. The Balaban J connectivity index is 1.94. The summed E-state index contributed by atoms with van der Waals surface area (Å²) in [5, 5.41) is 3.11. The highest BCUT2D eigenvalue weighted by molar-refractivity contribution is 7.17. The molecule has 1 aromatic carbocycles. The van der Waals surface area contributed by atoms with E-state index in [1.165, 1.54) is 29.5 Å². The minimum absolute atomic E-state index is 0.0503. The quantitative estimate of drug-likeness (QED) is 0.885. The molecular formula is C18H19FN2O2S. The number of hydrogen-bond donors (Lipinski definition) is 2. The van der Waals surface area contributed by atoms with Crippen LogP contribution in [0.2, 0.25) is 0 Å². The average molecular weight is 346 g/mol. The first-order valence-electron chi connectivity index (χ1n) is 8.01. The summed E-state index contributed by atoms with van der Waals surface area (Å²) in [5.74, 6) is -1.12. The number of primary amides is 1. The topological polar surface area (TPSA) is 72.2 Å². The largest absolute Gasteiger partial charge is 0.365 e. The Morgan fingerprint density at radius 3 is 2.79 bits per heavy atom. The Labute approximate surface area is 143 Å². The standard InChI is InChI=1S/C18H19FN2O2S/c1-2-10-7-8-12-14(9-10)24-18(15(12)16(20)22)21-17(23)11-5-3-4-6-13(11)19/h3-6,10H,2,7-9H2,1H3,(H2,20,22)(H,21,23). The van der Waals surface area contributed by atoms with Crippen molar-refractivity contribution < 1.29 is 14.0 Å². The van der Waals surface area contributed by atoms with Crippen LogP contribution < -0.4 is 11.1 Å². The van der Waals surface area contributed by atoms with E-state index in [2.05, 4.69) is 12.2 Å². The SMILES string of the molecule is CCC1CCc2c(sc(NC(=O)c3ccccc3F)c2C(N)=O)C1. The zero-order chi connectivity index (χ0) is 17.3. The van der Waals surface area contributed by atoms with Crippen molar-refractivity contribution in [3.63, 3.8) is 0 Å². The van der Waals surface area contributed by atoms with Crippen molar-refractivity contribution in [3.05, 3.63) is 51.7 Å². The van der Waals surface area contributed by atoms with Crippen molar-refractivity contribution in [2.75, 3.05) is 5.32 Å². The van der Waals surface area contributed by atoms with Crippen LogP contribution in [0.4, 0.5) is 9.39 Å². The Morgan fingerprint density at radius 1 is 1.38 bits per heavy atom. The molecule has 0 fully saturated rings. The summed E-state index contributed by atoms with van der Waals surface area (Å²) in [6.45, 7) is 2.15. The van der Waals surface area contributed by atoms with Gasteiger partial charge in [0.1, 0.15) is 10.8 Å². The number of fused-ring (bicyclic) bond motifs is 1. The summed E-state index contributed by atoms with van der Waals surface area (Å²) in [6.07, 6.45) is 3.78. The fourth-order valence-corrected chi connectivity index (χ4v) is 4.53. The van der Waals surface area contributed by atoms with E-state index in [9.17, 15) is 14.0 Å². The fourth-order valence-electron chi connectivity index (χ4n) is 3.17. The molecule has 1 aliphatic rings. The minimum atomic E-state index is -0.594. The molecule has 0 bridgehead atoms. The predicted octanol–water partition coefficient (Wildman–Crippen LogP) is 3.75. The lowest BCUT2D eigenvalue weighted by Gasteiger charge is -2.20. The molecule has 126 valence electrons. The zero-order valence-electron chi connectivity index (χ0n) is 13.4. The fraction of sp³-hybridized carbons (Fsp3) is 0.333. The maximum Gasteiger partial charge on any atom is 0.259 e. The van der Waals surface area contributed by atoms with E-state index in [1.54, 1.807) is 6.07 Å². The van der Waals surface area contributed by atoms with Gasteiger partial charge in [-0.3, -0.25) is 9.59 Å². The molecule has 3 N–H and O–H groups in total. The van der Waals surface area contributed by atoms with Crippen LogP contribution in [0.25, 0.3) is 0 Å². The van der Waals surface area contributed by atoms with Gasteiger partial charge in [-0.25, -0.2) is 4.39 Å². The first-order chi connectivity index (χ1) is 11.5. The summed E-state index contributed by atoms with van der Waals surface area (Å²) in [7, 11) is 0. The Hall–Kier alpha value is -2.21. The molecule has 1 heterocycles. The molecule has 1 aromatic heterocycles. The van der Waals surface area contributed by atoms with Crippen molar-refractivity contribution >= 4 is 28.2 Å². The Morgan fingerprint density at radius 2 is 2.12 bits per heavy atom. The first-order valence-corrected chi connectivity index (χ1v) is 8.83. The summed E-state index contributed by atoms with van der Waals surface area (Å²) in [5.41, 5.74) is 6.82. The van der Waals surface area contributed by atoms with Gasteiger partial charge in [0.15, 0.2) is 0 Å². The number of anilines is 1. The first kappa shape index (κ1) is 16.6. The van der Waals surface area contributed by atoms with E-state index >= 15 is 0 Å². The van der Waals surface area contributed by atoms with Gasteiger partial charge in [-0.15, -0.1) is 11.3 Å². The average Bonchev–Trinajstić information content (AvgIpc) is 2.91. The molecule has 1 aliphatic carbocycles. The van der Waals surface area contributed by atoms with Gasteiger partial charge in [0.05, 0.1) is 11.1 Å². The maximum absolute atomic E-state index is 13.8. The number of benzene rings is 1. The number of carbonyl (C=O) groups is 2. The normalized spacial score (nSPS) is 16.5. The summed E-state index contributed by atoms with van der Waals surface area (Å²) in [6, 6.07) is 5.76.